The first-order valence-corrected chi connectivity index (χ1v) is 8.89. The summed E-state index contributed by atoms with van der Waals surface area (Å²) in [5.41, 5.74) is 2.15. The SMILES string of the molecule is O=C1COc2ccc(C(=O)COC(=O)C=Cc3ccc4ccccc4n3)cc2N1. The van der Waals surface area contributed by atoms with E-state index in [0.717, 1.165) is 10.9 Å². The number of carbonyl (C=O) groups is 3. The molecule has 1 amide bonds. The normalized spacial score (nSPS) is 12.9. The summed E-state index contributed by atoms with van der Waals surface area (Å²) in [7, 11) is 0. The van der Waals surface area contributed by atoms with Gasteiger partial charge in [0.05, 0.1) is 16.9 Å². The molecule has 0 spiro atoms. The second-order valence-electron chi connectivity index (χ2n) is 6.34. The molecule has 0 aliphatic carbocycles. The number of ether oxygens (including phenoxy) is 2. The predicted octanol–water partition coefficient (Wildman–Crippen LogP) is 3.01. The maximum atomic E-state index is 12.3. The first-order chi connectivity index (χ1) is 14.1. The predicted molar refractivity (Wildman–Crippen MR) is 107 cm³/mol. The van der Waals surface area contributed by atoms with Gasteiger partial charge in [0.1, 0.15) is 5.75 Å². The van der Waals surface area contributed by atoms with Crippen LogP contribution in [0, 0.1) is 0 Å². The lowest BCUT2D eigenvalue weighted by Crippen LogP contribution is -2.25. The van der Waals surface area contributed by atoms with Crippen molar-refractivity contribution in [1.82, 2.24) is 4.98 Å². The number of ketones is 1. The summed E-state index contributed by atoms with van der Waals surface area (Å²) in [5, 5.41) is 3.63. The molecule has 1 aliphatic rings. The molecule has 2 aromatic carbocycles. The van der Waals surface area contributed by atoms with E-state index in [4.69, 9.17) is 9.47 Å². The molecule has 0 bridgehead atoms. The molecule has 29 heavy (non-hydrogen) atoms. The number of hydrogen-bond acceptors (Lipinski definition) is 6. The smallest absolute Gasteiger partial charge is 0.331 e. The lowest BCUT2D eigenvalue weighted by Gasteiger charge is -2.18. The van der Waals surface area contributed by atoms with E-state index in [1.54, 1.807) is 18.2 Å². The minimum atomic E-state index is -0.650. The van der Waals surface area contributed by atoms with Crippen LogP contribution in [0.15, 0.2) is 60.7 Å². The van der Waals surface area contributed by atoms with Crippen LogP contribution in [0.1, 0.15) is 16.1 Å². The molecule has 0 fully saturated rings. The van der Waals surface area contributed by atoms with Crippen molar-refractivity contribution >= 4 is 40.3 Å². The zero-order valence-electron chi connectivity index (χ0n) is 15.3. The number of carbonyl (C=O) groups excluding carboxylic acids is 3. The second-order valence-corrected chi connectivity index (χ2v) is 6.34. The molecule has 1 N–H and O–H groups in total. The highest BCUT2D eigenvalue weighted by molar-refractivity contribution is 6.02. The highest BCUT2D eigenvalue weighted by atomic mass is 16.5. The molecule has 0 atom stereocenters. The van der Waals surface area contributed by atoms with Gasteiger partial charge in [0.2, 0.25) is 0 Å². The summed E-state index contributed by atoms with van der Waals surface area (Å²) in [6, 6.07) is 16.0. The highest BCUT2D eigenvalue weighted by Gasteiger charge is 2.18. The Hall–Kier alpha value is -4.00. The van der Waals surface area contributed by atoms with E-state index >= 15 is 0 Å². The molecular weight excluding hydrogens is 372 g/mol. The third-order valence-corrected chi connectivity index (χ3v) is 4.29. The Bertz CT molecular complexity index is 1150. The number of fused-ring (bicyclic) bond motifs is 2. The number of anilines is 1. The summed E-state index contributed by atoms with van der Waals surface area (Å²) in [6.07, 6.45) is 2.76. The average molecular weight is 388 g/mol. The van der Waals surface area contributed by atoms with Crippen molar-refractivity contribution in [2.75, 3.05) is 18.5 Å². The van der Waals surface area contributed by atoms with Crippen molar-refractivity contribution in [2.45, 2.75) is 0 Å². The van der Waals surface area contributed by atoms with Gasteiger partial charge in [-0.3, -0.25) is 9.59 Å². The fourth-order valence-electron chi connectivity index (χ4n) is 2.85. The maximum Gasteiger partial charge on any atom is 0.331 e. The third-order valence-electron chi connectivity index (χ3n) is 4.29. The maximum absolute atomic E-state index is 12.3. The number of hydrogen-bond donors (Lipinski definition) is 1. The number of rotatable bonds is 5. The summed E-state index contributed by atoms with van der Waals surface area (Å²) < 4.78 is 10.3. The van der Waals surface area contributed by atoms with Crippen LogP contribution in [-0.2, 0) is 14.3 Å². The quantitative estimate of drug-likeness (QED) is 0.410. The van der Waals surface area contributed by atoms with Crippen LogP contribution in [0.2, 0.25) is 0 Å². The van der Waals surface area contributed by atoms with Gasteiger partial charge in [0, 0.05) is 17.0 Å². The van der Waals surface area contributed by atoms with Crippen molar-refractivity contribution in [2.24, 2.45) is 0 Å². The van der Waals surface area contributed by atoms with Gasteiger partial charge in [-0.1, -0.05) is 24.3 Å². The molecule has 0 unspecified atom stereocenters. The Morgan fingerprint density at radius 1 is 1.14 bits per heavy atom. The van der Waals surface area contributed by atoms with E-state index < -0.39 is 18.4 Å². The van der Waals surface area contributed by atoms with E-state index in [1.807, 2.05) is 30.3 Å². The molecule has 4 rings (SSSR count). The summed E-state index contributed by atoms with van der Waals surface area (Å²) in [4.78, 5) is 40.0. The van der Waals surface area contributed by atoms with Crippen LogP contribution >= 0.6 is 0 Å². The van der Waals surface area contributed by atoms with Crippen molar-refractivity contribution in [3.63, 3.8) is 0 Å². The van der Waals surface area contributed by atoms with Gasteiger partial charge < -0.3 is 14.8 Å². The number of nitrogens with zero attached hydrogens (tertiary/aromatic N) is 1. The van der Waals surface area contributed by atoms with Gasteiger partial charge in [-0.25, -0.2) is 9.78 Å². The van der Waals surface area contributed by atoms with Gasteiger partial charge in [0.25, 0.3) is 5.91 Å². The number of pyridine rings is 1. The molecule has 144 valence electrons. The largest absolute Gasteiger partial charge is 0.482 e. The molecule has 3 aromatic rings. The molecule has 0 saturated carbocycles. The van der Waals surface area contributed by atoms with Crippen LogP contribution in [-0.4, -0.2) is 35.9 Å². The van der Waals surface area contributed by atoms with Gasteiger partial charge in [-0.15, -0.1) is 0 Å². The molecule has 2 heterocycles. The Balaban J connectivity index is 1.36. The number of aromatic nitrogens is 1. The van der Waals surface area contributed by atoms with E-state index in [-0.39, 0.29) is 12.5 Å². The molecule has 7 heteroatoms. The fraction of sp³-hybridized carbons (Fsp3) is 0.0909. The van der Waals surface area contributed by atoms with Crippen molar-refractivity contribution in [3.05, 3.63) is 71.9 Å². The van der Waals surface area contributed by atoms with Gasteiger partial charge in [-0.2, -0.15) is 0 Å². The number of benzene rings is 2. The Morgan fingerprint density at radius 3 is 2.90 bits per heavy atom. The second kappa shape index (κ2) is 7.93. The highest BCUT2D eigenvalue weighted by Crippen LogP contribution is 2.28. The lowest BCUT2D eigenvalue weighted by atomic mass is 10.1. The van der Waals surface area contributed by atoms with E-state index in [9.17, 15) is 14.4 Å². The summed E-state index contributed by atoms with van der Waals surface area (Å²) >= 11 is 0. The van der Waals surface area contributed by atoms with Crippen molar-refractivity contribution in [3.8, 4) is 5.75 Å². The van der Waals surface area contributed by atoms with Crippen LogP contribution in [0.3, 0.4) is 0 Å². The lowest BCUT2D eigenvalue weighted by molar-refractivity contribution is -0.136. The summed E-state index contributed by atoms with van der Waals surface area (Å²) in [6.45, 7) is -0.474. The molecular formula is C22H16N2O5. The first kappa shape index (κ1) is 18.4. The van der Waals surface area contributed by atoms with Gasteiger partial charge in [0.15, 0.2) is 19.0 Å². The van der Waals surface area contributed by atoms with Crippen LogP contribution in [0.4, 0.5) is 5.69 Å². The number of Topliss-reactive ketones (excluding diaryl/α,β-unsaturated/α-hetero) is 1. The van der Waals surface area contributed by atoms with Crippen LogP contribution in [0.5, 0.6) is 5.75 Å². The molecule has 7 nitrogen and oxygen atoms in total. The molecule has 0 saturated heterocycles. The zero-order chi connectivity index (χ0) is 20.2. The number of esters is 1. The summed E-state index contributed by atoms with van der Waals surface area (Å²) in [5.74, 6) is -0.842. The van der Waals surface area contributed by atoms with Crippen molar-refractivity contribution in [1.29, 1.82) is 0 Å². The number of amides is 1. The van der Waals surface area contributed by atoms with Crippen LogP contribution < -0.4 is 10.1 Å². The van der Waals surface area contributed by atoms with Crippen LogP contribution in [0.25, 0.3) is 17.0 Å². The monoisotopic (exact) mass is 388 g/mol. The average Bonchev–Trinajstić information content (AvgIpc) is 2.75. The standard InChI is InChI=1S/C22H16N2O5/c25-19(15-6-9-20-18(11-15)24-21(26)13-28-20)12-29-22(27)10-8-16-7-5-14-3-1-2-4-17(14)23-16/h1-11H,12-13H2,(H,24,26). The minimum absolute atomic E-state index is 0.0592. The van der Waals surface area contributed by atoms with E-state index in [1.165, 1.54) is 18.2 Å². The topological polar surface area (TPSA) is 94.6 Å². The van der Waals surface area contributed by atoms with Gasteiger partial charge in [-0.05, 0) is 36.4 Å². The Labute approximate surface area is 166 Å². The number of nitrogens with one attached hydrogen (secondary N) is 1. The third kappa shape index (κ3) is 4.30. The number of para-hydroxylation sites is 1. The Morgan fingerprint density at radius 2 is 2.00 bits per heavy atom. The molecule has 0 radical (unpaired) electrons. The molecule has 1 aromatic heterocycles. The fourth-order valence-corrected chi connectivity index (χ4v) is 2.85. The van der Waals surface area contributed by atoms with E-state index in [2.05, 4.69) is 10.3 Å². The zero-order valence-corrected chi connectivity index (χ0v) is 15.3. The molecule has 1 aliphatic heterocycles. The van der Waals surface area contributed by atoms with Crippen molar-refractivity contribution < 1.29 is 23.9 Å². The Kier molecular flexibility index (Phi) is 5.03. The minimum Gasteiger partial charge on any atom is -0.482 e. The van der Waals surface area contributed by atoms with Gasteiger partial charge >= 0.3 is 5.97 Å². The first-order valence-electron chi connectivity index (χ1n) is 8.89. The van der Waals surface area contributed by atoms with E-state index in [0.29, 0.717) is 22.7 Å².